The van der Waals surface area contributed by atoms with E-state index in [4.69, 9.17) is 13.7 Å². The van der Waals surface area contributed by atoms with Crippen LogP contribution in [0.3, 0.4) is 0 Å². The molecular formula is C35H25BO3. The van der Waals surface area contributed by atoms with Crippen LogP contribution in [0.25, 0.3) is 44.2 Å². The average molecular weight is 504 g/mol. The highest BCUT2D eigenvalue weighted by molar-refractivity contribution is 6.62. The summed E-state index contributed by atoms with van der Waals surface area (Å²) in [6, 6.07) is 37.4. The van der Waals surface area contributed by atoms with E-state index in [-0.39, 0.29) is 12.7 Å². The number of furan rings is 1. The minimum Gasteiger partial charge on any atom is -0.455 e. The van der Waals surface area contributed by atoms with Crippen LogP contribution in [-0.4, -0.2) is 19.3 Å². The molecule has 2 aliphatic carbocycles. The summed E-state index contributed by atoms with van der Waals surface area (Å²) in [7, 11) is -0.375. The van der Waals surface area contributed by atoms with E-state index >= 15 is 0 Å². The SMILES string of the molecule is CC1(C)COB(c2ccc3c(c2)C2(c4ccccc4-3)c3ccccc3-c3c2ccc2c3oc3ccccc32)O1. The van der Waals surface area contributed by atoms with Crippen molar-refractivity contribution in [2.24, 2.45) is 0 Å². The van der Waals surface area contributed by atoms with E-state index in [2.05, 4.69) is 111 Å². The molecule has 1 aliphatic heterocycles. The van der Waals surface area contributed by atoms with Gasteiger partial charge < -0.3 is 13.7 Å². The lowest BCUT2D eigenvalue weighted by Crippen LogP contribution is -2.36. The first-order chi connectivity index (χ1) is 19.1. The Morgan fingerprint density at radius 2 is 1.36 bits per heavy atom. The molecule has 5 aromatic carbocycles. The zero-order valence-electron chi connectivity index (χ0n) is 21.8. The first-order valence-electron chi connectivity index (χ1n) is 13.6. The number of para-hydroxylation sites is 1. The first kappa shape index (κ1) is 21.8. The lowest BCUT2D eigenvalue weighted by Gasteiger charge is -2.30. The van der Waals surface area contributed by atoms with E-state index in [1.807, 2.05) is 6.07 Å². The van der Waals surface area contributed by atoms with Crippen LogP contribution in [0.2, 0.25) is 0 Å². The Balaban J connectivity index is 1.40. The van der Waals surface area contributed by atoms with Crippen molar-refractivity contribution in [1.82, 2.24) is 0 Å². The van der Waals surface area contributed by atoms with Crippen molar-refractivity contribution in [3.05, 3.63) is 125 Å². The van der Waals surface area contributed by atoms with Crippen molar-refractivity contribution in [1.29, 1.82) is 0 Å². The number of hydrogen-bond acceptors (Lipinski definition) is 3. The summed E-state index contributed by atoms with van der Waals surface area (Å²) in [6.45, 7) is 4.75. The fourth-order valence-corrected chi connectivity index (χ4v) is 7.36. The standard InChI is InChI=1S/C35H25BO3/c1-34(2)20-37-36(39-34)21-15-16-23-22-9-3-6-12-27(22)35(30(23)19-21)28-13-7-4-11-26(28)32-29(35)18-17-25-24-10-5-8-14-31(24)38-33(25)32/h3-19H,20H2,1-2H3. The quantitative estimate of drug-likeness (QED) is 0.218. The summed E-state index contributed by atoms with van der Waals surface area (Å²) in [5.41, 5.74) is 12.3. The summed E-state index contributed by atoms with van der Waals surface area (Å²) < 4.78 is 19.1. The fraction of sp³-hybridized carbons (Fsp3) is 0.143. The largest absolute Gasteiger partial charge is 0.494 e. The Hall–Kier alpha value is -4.12. The molecule has 1 atom stereocenters. The van der Waals surface area contributed by atoms with Gasteiger partial charge >= 0.3 is 7.12 Å². The number of rotatable bonds is 1. The second-order valence-corrected chi connectivity index (χ2v) is 11.6. The van der Waals surface area contributed by atoms with Crippen LogP contribution in [0.15, 0.2) is 108 Å². The predicted molar refractivity (Wildman–Crippen MR) is 157 cm³/mol. The predicted octanol–water partition coefficient (Wildman–Crippen LogP) is 7.45. The summed E-state index contributed by atoms with van der Waals surface area (Å²) >= 11 is 0. The molecule has 6 aromatic rings. The highest BCUT2D eigenvalue weighted by Crippen LogP contribution is 2.63. The highest BCUT2D eigenvalue weighted by atomic mass is 16.7. The van der Waals surface area contributed by atoms with Crippen LogP contribution in [0.1, 0.15) is 36.1 Å². The second-order valence-electron chi connectivity index (χ2n) is 11.6. The molecule has 1 aromatic heterocycles. The lowest BCUT2D eigenvalue weighted by molar-refractivity contribution is 0.137. The van der Waals surface area contributed by atoms with Crippen molar-refractivity contribution in [2.75, 3.05) is 6.61 Å². The summed E-state index contributed by atoms with van der Waals surface area (Å²) in [4.78, 5) is 0. The molecule has 2 heterocycles. The van der Waals surface area contributed by atoms with Gasteiger partial charge in [-0.25, -0.2) is 0 Å². The van der Waals surface area contributed by atoms with Crippen molar-refractivity contribution < 1.29 is 13.7 Å². The van der Waals surface area contributed by atoms with E-state index in [0.29, 0.717) is 6.61 Å². The maximum Gasteiger partial charge on any atom is 0.494 e. The van der Waals surface area contributed by atoms with Crippen LogP contribution in [0.5, 0.6) is 0 Å². The minimum atomic E-state index is -0.449. The molecule has 1 saturated heterocycles. The molecule has 4 heteroatoms. The third kappa shape index (κ3) is 2.66. The van der Waals surface area contributed by atoms with Crippen LogP contribution in [0.4, 0.5) is 0 Å². The number of benzene rings is 5. The molecule has 0 bridgehead atoms. The van der Waals surface area contributed by atoms with Gasteiger partial charge in [-0.3, -0.25) is 0 Å². The molecule has 3 aliphatic rings. The minimum absolute atomic E-state index is 0.302. The molecule has 1 fully saturated rings. The van der Waals surface area contributed by atoms with Gasteiger partial charge in [-0.05, 0) is 64.3 Å². The normalized spacial score (nSPS) is 20.0. The zero-order chi connectivity index (χ0) is 25.9. The third-order valence-electron chi connectivity index (χ3n) is 8.90. The maximum atomic E-state index is 6.62. The van der Waals surface area contributed by atoms with Gasteiger partial charge in [-0.15, -0.1) is 0 Å². The molecule has 0 N–H and O–H groups in total. The lowest BCUT2D eigenvalue weighted by atomic mass is 9.68. The second kappa shape index (κ2) is 7.29. The van der Waals surface area contributed by atoms with Crippen LogP contribution in [0, 0.1) is 0 Å². The van der Waals surface area contributed by atoms with E-state index in [1.165, 1.54) is 44.5 Å². The van der Waals surface area contributed by atoms with E-state index in [0.717, 1.165) is 27.4 Å². The zero-order valence-corrected chi connectivity index (χ0v) is 21.8. The summed E-state index contributed by atoms with van der Waals surface area (Å²) in [6.07, 6.45) is 0. The smallest absolute Gasteiger partial charge is 0.455 e. The Bertz CT molecular complexity index is 2000. The van der Waals surface area contributed by atoms with E-state index < -0.39 is 5.41 Å². The molecule has 0 amide bonds. The molecule has 0 saturated carbocycles. The van der Waals surface area contributed by atoms with Gasteiger partial charge in [0.1, 0.15) is 11.2 Å². The highest BCUT2D eigenvalue weighted by Gasteiger charge is 2.53. The van der Waals surface area contributed by atoms with Crippen molar-refractivity contribution in [2.45, 2.75) is 24.9 Å². The van der Waals surface area contributed by atoms with E-state index in [9.17, 15) is 0 Å². The van der Waals surface area contributed by atoms with Gasteiger partial charge in [0.05, 0.1) is 17.6 Å². The van der Waals surface area contributed by atoms with Gasteiger partial charge in [-0.2, -0.15) is 0 Å². The van der Waals surface area contributed by atoms with Gasteiger partial charge in [0, 0.05) is 16.3 Å². The van der Waals surface area contributed by atoms with Crippen LogP contribution < -0.4 is 5.46 Å². The van der Waals surface area contributed by atoms with Crippen molar-refractivity contribution in [3.8, 4) is 22.3 Å². The Morgan fingerprint density at radius 3 is 2.18 bits per heavy atom. The van der Waals surface area contributed by atoms with Crippen molar-refractivity contribution >= 4 is 34.5 Å². The molecule has 1 spiro atoms. The number of fused-ring (bicyclic) bond motifs is 14. The van der Waals surface area contributed by atoms with Crippen LogP contribution >= 0.6 is 0 Å². The van der Waals surface area contributed by atoms with Gasteiger partial charge in [0.15, 0.2) is 0 Å². The Kier molecular flexibility index (Phi) is 4.07. The Morgan fingerprint density at radius 1 is 0.641 bits per heavy atom. The van der Waals surface area contributed by atoms with Gasteiger partial charge in [0.25, 0.3) is 0 Å². The maximum absolute atomic E-state index is 6.62. The van der Waals surface area contributed by atoms with E-state index in [1.54, 1.807) is 0 Å². The molecule has 39 heavy (non-hydrogen) atoms. The summed E-state index contributed by atoms with van der Waals surface area (Å²) in [5.74, 6) is 0. The molecular weight excluding hydrogens is 479 g/mol. The first-order valence-corrected chi connectivity index (χ1v) is 13.6. The monoisotopic (exact) mass is 504 g/mol. The summed E-state index contributed by atoms with van der Waals surface area (Å²) in [5, 5.41) is 2.31. The van der Waals surface area contributed by atoms with Gasteiger partial charge in [0.2, 0.25) is 0 Å². The number of hydrogen-bond donors (Lipinski definition) is 0. The van der Waals surface area contributed by atoms with Crippen molar-refractivity contribution in [3.63, 3.8) is 0 Å². The fourth-order valence-electron chi connectivity index (χ4n) is 7.36. The molecule has 1 unspecified atom stereocenters. The molecule has 9 rings (SSSR count). The Labute approximate surface area is 227 Å². The van der Waals surface area contributed by atoms with Gasteiger partial charge in [-0.1, -0.05) is 97.1 Å². The third-order valence-corrected chi connectivity index (χ3v) is 8.90. The topological polar surface area (TPSA) is 31.6 Å². The molecule has 186 valence electrons. The molecule has 0 radical (unpaired) electrons. The average Bonchev–Trinajstić information content (AvgIpc) is 3.68. The van der Waals surface area contributed by atoms with Crippen LogP contribution in [-0.2, 0) is 14.7 Å². The molecule has 3 nitrogen and oxygen atoms in total.